The van der Waals surface area contributed by atoms with Crippen molar-refractivity contribution in [1.82, 2.24) is 3.93 Å². The molecule has 3 heteroatoms. The van der Waals surface area contributed by atoms with Gasteiger partial charge >= 0.3 is 0 Å². The first-order valence-corrected chi connectivity index (χ1v) is 4.11. The predicted molar refractivity (Wildman–Crippen MR) is 39.7 cm³/mol. The van der Waals surface area contributed by atoms with Crippen LogP contribution in [0.5, 0.6) is 0 Å². The summed E-state index contributed by atoms with van der Waals surface area (Å²) in [5, 5.41) is 0. The van der Waals surface area contributed by atoms with Gasteiger partial charge < -0.3 is 0 Å². The van der Waals surface area contributed by atoms with Gasteiger partial charge in [0.2, 0.25) is 0 Å². The first kappa shape index (κ1) is 7.92. The van der Waals surface area contributed by atoms with E-state index in [1.807, 2.05) is 3.93 Å². The number of hydrogen-bond donors (Lipinski definition) is 0. The van der Waals surface area contributed by atoms with Gasteiger partial charge in [0.15, 0.2) is 0 Å². The van der Waals surface area contributed by atoms with E-state index in [-0.39, 0.29) is 0 Å². The maximum absolute atomic E-state index is 3.32. The Labute approximate surface area is 61.5 Å². The average molecular weight is 231 g/mol. The Hall–Kier alpha value is 0.920. The summed E-state index contributed by atoms with van der Waals surface area (Å²) in [6.45, 7) is 3.25. The van der Waals surface area contributed by atoms with E-state index in [4.69, 9.17) is 0 Å². The molecule has 0 bridgehead atoms. The molecule has 7 heavy (non-hydrogen) atoms. The molecule has 0 heterocycles. The van der Waals surface area contributed by atoms with Gasteiger partial charge in [0, 0.05) is 22.7 Å². The number of rotatable bonds is 3. The zero-order valence-corrected chi connectivity index (χ0v) is 7.50. The average Bonchev–Trinajstić information content (AvgIpc) is 1.68. The zero-order chi connectivity index (χ0) is 5.70. The maximum Gasteiger partial charge on any atom is 0.0647 e. The highest BCUT2D eigenvalue weighted by Gasteiger charge is 1.90. The normalized spacial score (nSPS) is 10.3. The van der Waals surface area contributed by atoms with Crippen LogP contribution in [0.3, 0.4) is 0 Å². The second kappa shape index (κ2) is 5.06. The van der Waals surface area contributed by atoms with Crippen LogP contribution in [0.1, 0.15) is 13.3 Å². The van der Waals surface area contributed by atoms with E-state index in [0.29, 0.717) is 0 Å². The molecule has 0 aliphatic carbocycles. The van der Waals surface area contributed by atoms with Gasteiger partial charge in [-0.2, -0.15) is 0 Å². The number of alkyl halides is 1. The van der Waals surface area contributed by atoms with Gasteiger partial charge in [0.05, 0.1) is 5.45 Å². The lowest BCUT2D eigenvalue weighted by Crippen LogP contribution is -2.08. The second-order valence-electron chi connectivity index (χ2n) is 1.31. The number of hydrogen-bond acceptors (Lipinski definition) is 1. The molecule has 0 N–H and O–H groups in total. The Morgan fingerprint density at radius 2 is 2.14 bits per heavy atom. The van der Waals surface area contributed by atoms with Crippen molar-refractivity contribution in [3.05, 3.63) is 0 Å². The molecule has 0 aromatic heterocycles. The third kappa shape index (κ3) is 4.78. The second-order valence-corrected chi connectivity index (χ2v) is 2.81. The van der Waals surface area contributed by atoms with Gasteiger partial charge in [-0.1, -0.05) is 22.9 Å². The van der Waals surface area contributed by atoms with Crippen molar-refractivity contribution >= 4 is 32.1 Å². The number of halogens is 2. The lowest BCUT2D eigenvalue weighted by atomic mass is 10.5. The molecule has 1 nitrogen and oxygen atoms in total. The third-order valence-electron chi connectivity index (χ3n) is 0.596. The van der Waals surface area contributed by atoms with E-state index in [1.165, 1.54) is 6.42 Å². The largest absolute Gasteiger partial charge is 0.232 e. The van der Waals surface area contributed by atoms with Crippen LogP contribution < -0.4 is 0 Å². The van der Waals surface area contributed by atoms with Crippen LogP contribution in [0.2, 0.25) is 0 Å². The highest BCUT2D eigenvalue weighted by Crippen LogP contribution is 2.00. The topological polar surface area (TPSA) is 3.24 Å². The molecule has 0 aliphatic heterocycles. The van der Waals surface area contributed by atoms with Crippen LogP contribution in [-0.4, -0.2) is 15.9 Å². The summed E-state index contributed by atoms with van der Waals surface area (Å²) in [7, 11) is 0. The fourth-order valence-corrected chi connectivity index (χ4v) is 0.908. The summed E-state index contributed by atoms with van der Waals surface area (Å²) < 4.78 is 2.03. The highest BCUT2D eigenvalue weighted by atomic mass is 79.9. The molecule has 0 unspecified atom stereocenters. The Kier molecular flexibility index (Phi) is 5.73. The summed E-state index contributed by atoms with van der Waals surface area (Å²) in [4.78, 5) is 0. The Bertz CT molecular complexity index is 40.7. The van der Waals surface area contributed by atoms with Crippen molar-refractivity contribution in [2.75, 3.05) is 12.0 Å². The molecule has 0 aromatic carbocycles. The van der Waals surface area contributed by atoms with Gasteiger partial charge in [-0.05, 0) is 6.42 Å². The first-order valence-electron chi connectivity index (χ1n) is 2.28. The molecule has 0 atom stereocenters. The molecule has 0 aromatic rings. The van der Waals surface area contributed by atoms with E-state index < -0.39 is 0 Å². The molecular formula is C4H9Br2N. The quantitative estimate of drug-likeness (QED) is 0.409. The minimum absolute atomic E-state index is 0.904. The monoisotopic (exact) mass is 229 g/mol. The van der Waals surface area contributed by atoms with Crippen LogP contribution in [0.4, 0.5) is 0 Å². The molecule has 44 valence electrons. The molecule has 0 saturated heterocycles. The summed E-state index contributed by atoms with van der Waals surface area (Å²) in [6.07, 6.45) is 1.19. The fraction of sp³-hybridized carbons (Fsp3) is 1.00. The van der Waals surface area contributed by atoms with Crippen molar-refractivity contribution < 1.29 is 0 Å². The lowest BCUT2D eigenvalue weighted by Gasteiger charge is -2.05. The van der Waals surface area contributed by atoms with Gasteiger partial charge in [-0.25, -0.2) is 3.93 Å². The van der Waals surface area contributed by atoms with Gasteiger partial charge in [-0.3, -0.25) is 0 Å². The molecule has 0 aliphatic rings. The first-order chi connectivity index (χ1) is 3.31. The highest BCUT2D eigenvalue weighted by molar-refractivity contribution is 9.11. The maximum atomic E-state index is 3.32. The minimum Gasteiger partial charge on any atom is -0.232 e. The number of nitrogens with zero attached hydrogens (tertiary/aromatic N) is 1. The predicted octanol–water partition coefficient (Wildman–Crippen LogP) is 2.36. The van der Waals surface area contributed by atoms with Crippen molar-refractivity contribution in [3.63, 3.8) is 0 Å². The lowest BCUT2D eigenvalue weighted by molar-refractivity contribution is 0.564. The molecule has 0 amide bonds. The van der Waals surface area contributed by atoms with Gasteiger partial charge in [-0.15, -0.1) is 0 Å². The SMILES string of the molecule is CCCN(Br)CBr. The summed E-state index contributed by atoms with van der Waals surface area (Å²) >= 11 is 6.62. The van der Waals surface area contributed by atoms with Crippen LogP contribution in [-0.2, 0) is 0 Å². The molecule has 0 fully saturated rings. The van der Waals surface area contributed by atoms with Gasteiger partial charge in [0.25, 0.3) is 0 Å². The zero-order valence-electron chi connectivity index (χ0n) is 4.32. The Morgan fingerprint density at radius 1 is 1.57 bits per heavy atom. The van der Waals surface area contributed by atoms with Gasteiger partial charge in [0.1, 0.15) is 0 Å². The Balaban J connectivity index is 2.83. The van der Waals surface area contributed by atoms with Crippen molar-refractivity contribution in [1.29, 1.82) is 0 Å². The van der Waals surface area contributed by atoms with Crippen molar-refractivity contribution in [3.8, 4) is 0 Å². The standard InChI is InChI=1S/C4H9Br2N/c1-2-3-7(6)4-5/h2-4H2,1H3. The van der Waals surface area contributed by atoms with Crippen LogP contribution >= 0.6 is 32.1 Å². The smallest absolute Gasteiger partial charge is 0.0647 e. The van der Waals surface area contributed by atoms with E-state index in [2.05, 4.69) is 39.0 Å². The van der Waals surface area contributed by atoms with Crippen LogP contribution in [0.15, 0.2) is 0 Å². The molecule has 0 saturated carbocycles. The molecule has 0 rings (SSSR count). The summed E-state index contributed by atoms with van der Waals surface area (Å²) in [6, 6.07) is 0. The van der Waals surface area contributed by atoms with Crippen LogP contribution in [0.25, 0.3) is 0 Å². The van der Waals surface area contributed by atoms with E-state index in [0.717, 1.165) is 12.0 Å². The molecular weight excluding hydrogens is 222 g/mol. The molecule has 0 radical (unpaired) electrons. The molecule has 0 spiro atoms. The minimum atomic E-state index is 0.904. The van der Waals surface area contributed by atoms with Crippen molar-refractivity contribution in [2.24, 2.45) is 0 Å². The third-order valence-corrected chi connectivity index (χ3v) is 2.48. The summed E-state index contributed by atoms with van der Waals surface area (Å²) in [5.74, 6) is 0. The van der Waals surface area contributed by atoms with E-state index >= 15 is 0 Å². The fourth-order valence-electron chi connectivity index (χ4n) is 0.302. The van der Waals surface area contributed by atoms with E-state index in [1.54, 1.807) is 0 Å². The van der Waals surface area contributed by atoms with Crippen molar-refractivity contribution in [2.45, 2.75) is 13.3 Å². The van der Waals surface area contributed by atoms with E-state index in [9.17, 15) is 0 Å². The Morgan fingerprint density at radius 3 is 2.29 bits per heavy atom. The van der Waals surface area contributed by atoms with Crippen LogP contribution in [0, 0.1) is 0 Å². The summed E-state index contributed by atoms with van der Waals surface area (Å²) in [5.41, 5.74) is 0.904.